The van der Waals surface area contributed by atoms with Crippen LogP contribution in [0.1, 0.15) is 39.7 Å². The lowest BCUT2D eigenvalue weighted by molar-refractivity contribution is 0.1000. The van der Waals surface area contributed by atoms with Crippen LogP contribution in [-0.4, -0.2) is 35.4 Å². The second-order valence-electron chi connectivity index (χ2n) is 8.00. The predicted molar refractivity (Wildman–Crippen MR) is 111 cm³/mol. The molecule has 1 amide bonds. The van der Waals surface area contributed by atoms with Crippen molar-refractivity contribution in [2.45, 2.75) is 24.8 Å². The summed E-state index contributed by atoms with van der Waals surface area (Å²) in [6.45, 7) is 2.39. The Morgan fingerprint density at radius 2 is 1.97 bits per heavy atom. The van der Waals surface area contributed by atoms with Crippen LogP contribution >= 0.6 is 0 Å². The van der Waals surface area contributed by atoms with Gasteiger partial charge < -0.3 is 15.8 Å². The van der Waals surface area contributed by atoms with Crippen molar-refractivity contribution >= 4 is 5.91 Å². The third-order valence-electron chi connectivity index (χ3n) is 6.14. The lowest BCUT2D eigenvalue weighted by atomic mass is 9.77. The minimum atomic E-state index is -0.571. The summed E-state index contributed by atoms with van der Waals surface area (Å²) in [5.41, 5.74) is 9.17. The van der Waals surface area contributed by atoms with Crippen LogP contribution in [0.3, 0.4) is 0 Å². The number of hydrogen-bond acceptors (Lipinski definition) is 4. The molecule has 0 unspecified atom stereocenters. The van der Waals surface area contributed by atoms with Gasteiger partial charge >= 0.3 is 0 Å². The van der Waals surface area contributed by atoms with Crippen LogP contribution < -0.4 is 15.8 Å². The van der Waals surface area contributed by atoms with Crippen LogP contribution in [0.15, 0.2) is 42.6 Å². The van der Waals surface area contributed by atoms with Crippen LogP contribution in [0.2, 0.25) is 0 Å². The number of nitrogens with zero attached hydrogens (tertiary/aromatic N) is 2. The highest BCUT2D eigenvalue weighted by molar-refractivity contribution is 5.94. The first-order valence-electron chi connectivity index (χ1n) is 10.3. The maximum absolute atomic E-state index is 14.0. The normalized spacial score (nSPS) is 20.3. The third-order valence-corrected chi connectivity index (χ3v) is 6.14. The Morgan fingerprint density at radius 3 is 2.74 bits per heavy atom. The van der Waals surface area contributed by atoms with Crippen molar-refractivity contribution in [3.63, 3.8) is 0 Å². The zero-order chi connectivity index (χ0) is 21.5. The van der Waals surface area contributed by atoms with Crippen molar-refractivity contribution in [1.29, 1.82) is 0 Å². The number of ether oxygens (including phenoxy) is 1. The summed E-state index contributed by atoms with van der Waals surface area (Å²) in [5.74, 6) is -1.17. The van der Waals surface area contributed by atoms with Gasteiger partial charge in [-0.1, -0.05) is 0 Å². The van der Waals surface area contributed by atoms with Gasteiger partial charge in [0.15, 0.2) is 0 Å². The van der Waals surface area contributed by atoms with Gasteiger partial charge in [0.25, 0.3) is 0 Å². The average molecular weight is 424 g/mol. The number of rotatable bonds is 3. The number of aromatic nitrogens is 2. The number of halogens is 2. The first-order valence-corrected chi connectivity index (χ1v) is 10.3. The summed E-state index contributed by atoms with van der Waals surface area (Å²) < 4.78 is 35.7. The Kier molecular flexibility index (Phi) is 4.94. The molecule has 8 heteroatoms. The highest BCUT2D eigenvalue weighted by Crippen LogP contribution is 2.44. The number of carbonyl (C=O) groups is 1. The number of fused-ring (bicyclic) bond motifs is 3. The van der Waals surface area contributed by atoms with E-state index in [1.54, 1.807) is 12.1 Å². The molecule has 2 aromatic carbocycles. The predicted octanol–water partition coefficient (Wildman–Crippen LogP) is 3.18. The van der Waals surface area contributed by atoms with E-state index in [0.29, 0.717) is 36.6 Å². The lowest BCUT2D eigenvalue weighted by Gasteiger charge is -2.33. The van der Waals surface area contributed by atoms with E-state index < -0.39 is 17.5 Å². The molecule has 2 aliphatic rings. The van der Waals surface area contributed by atoms with Gasteiger partial charge in [-0.2, -0.15) is 5.10 Å². The minimum Gasteiger partial charge on any atom is -0.491 e. The Bertz CT molecular complexity index is 1140. The van der Waals surface area contributed by atoms with Crippen molar-refractivity contribution in [1.82, 2.24) is 15.1 Å². The number of primary amides is 1. The van der Waals surface area contributed by atoms with E-state index in [0.717, 1.165) is 35.9 Å². The second kappa shape index (κ2) is 7.77. The Hall–Kier alpha value is -3.26. The Balaban J connectivity index is 1.62. The minimum absolute atomic E-state index is 0.0273. The SMILES string of the molecule is NC(=O)c1ccc2c(c1)OCCn1ncc([C@H]3CNCC[C@@H]3c3cc(F)cc(F)c3)c1-2. The van der Waals surface area contributed by atoms with Gasteiger partial charge in [-0.15, -0.1) is 0 Å². The molecule has 3 N–H and O–H groups in total. The maximum atomic E-state index is 14.0. The van der Waals surface area contributed by atoms with Crippen molar-refractivity contribution < 1.29 is 18.3 Å². The number of nitrogens with one attached hydrogen (secondary N) is 1. The van der Waals surface area contributed by atoms with Crippen LogP contribution in [0.4, 0.5) is 8.78 Å². The molecule has 6 nitrogen and oxygen atoms in total. The smallest absolute Gasteiger partial charge is 0.248 e. The van der Waals surface area contributed by atoms with Gasteiger partial charge in [0.1, 0.15) is 24.0 Å². The summed E-state index contributed by atoms with van der Waals surface area (Å²) in [5, 5.41) is 7.99. The largest absolute Gasteiger partial charge is 0.491 e. The molecule has 31 heavy (non-hydrogen) atoms. The summed E-state index contributed by atoms with van der Waals surface area (Å²) >= 11 is 0. The molecule has 0 radical (unpaired) electrons. The third kappa shape index (κ3) is 3.57. The van der Waals surface area contributed by atoms with Crippen LogP contribution in [0.25, 0.3) is 11.3 Å². The van der Waals surface area contributed by atoms with Gasteiger partial charge in [-0.25, -0.2) is 8.78 Å². The monoisotopic (exact) mass is 424 g/mol. The molecule has 0 spiro atoms. The molecular formula is C23H22F2N4O2. The summed E-state index contributed by atoms with van der Waals surface area (Å²) in [6.07, 6.45) is 2.59. The molecule has 160 valence electrons. The molecule has 0 saturated carbocycles. The van der Waals surface area contributed by atoms with Crippen molar-refractivity contribution in [2.75, 3.05) is 19.7 Å². The molecule has 3 heterocycles. The number of carbonyl (C=O) groups excluding carboxylic acids is 1. The molecule has 1 fully saturated rings. The van der Waals surface area contributed by atoms with Gasteiger partial charge in [0.2, 0.25) is 5.91 Å². The molecule has 3 aromatic rings. The summed E-state index contributed by atoms with van der Waals surface area (Å²) in [4.78, 5) is 11.6. The molecule has 0 bridgehead atoms. The fourth-order valence-corrected chi connectivity index (χ4v) is 4.74. The molecule has 2 atom stereocenters. The lowest BCUT2D eigenvalue weighted by Crippen LogP contribution is -2.34. The fourth-order valence-electron chi connectivity index (χ4n) is 4.74. The second-order valence-corrected chi connectivity index (χ2v) is 8.00. The molecule has 2 aliphatic heterocycles. The van der Waals surface area contributed by atoms with E-state index in [1.165, 1.54) is 12.1 Å². The van der Waals surface area contributed by atoms with E-state index >= 15 is 0 Å². The van der Waals surface area contributed by atoms with Gasteiger partial charge in [0.05, 0.1) is 18.4 Å². The van der Waals surface area contributed by atoms with Crippen molar-refractivity contribution in [3.05, 3.63) is 70.9 Å². The fraction of sp³-hybridized carbons (Fsp3) is 0.304. The number of hydrogen-bond donors (Lipinski definition) is 2. The number of amides is 1. The van der Waals surface area contributed by atoms with Gasteiger partial charge in [0, 0.05) is 35.2 Å². The molecule has 1 aromatic heterocycles. The van der Waals surface area contributed by atoms with Crippen molar-refractivity contribution in [2.24, 2.45) is 5.73 Å². The Morgan fingerprint density at radius 1 is 1.16 bits per heavy atom. The quantitative estimate of drug-likeness (QED) is 0.677. The first-order chi connectivity index (χ1) is 15.0. The van der Waals surface area contributed by atoms with Gasteiger partial charge in [-0.05, 0) is 54.8 Å². The zero-order valence-corrected chi connectivity index (χ0v) is 16.8. The maximum Gasteiger partial charge on any atom is 0.248 e. The molecule has 1 saturated heterocycles. The van der Waals surface area contributed by atoms with E-state index in [-0.39, 0.29) is 11.8 Å². The van der Waals surface area contributed by atoms with E-state index in [2.05, 4.69) is 10.4 Å². The Labute approximate surface area is 178 Å². The summed E-state index contributed by atoms with van der Waals surface area (Å²) in [6, 6.07) is 8.90. The molecule has 0 aliphatic carbocycles. The molecule has 5 rings (SSSR count). The number of benzene rings is 2. The number of piperidine rings is 1. The van der Waals surface area contributed by atoms with Crippen LogP contribution in [-0.2, 0) is 6.54 Å². The van der Waals surface area contributed by atoms with E-state index in [4.69, 9.17) is 10.5 Å². The van der Waals surface area contributed by atoms with Crippen molar-refractivity contribution in [3.8, 4) is 17.0 Å². The average Bonchev–Trinajstić information content (AvgIpc) is 3.07. The van der Waals surface area contributed by atoms with Crippen LogP contribution in [0, 0.1) is 11.6 Å². The molecular weight excluding hydrogens is 402 g/mol. The van der Waals surface area contributed by atoms with Gasteiger partial charge in [-0.3, -0.25) is 9.48 Å². The standard InChI is InChI=1S/C23H22F2N4O2/c24-15-7-14(8-16(25)10-15)17-3-4-27-11-19(17)20-12-28-29-5-6-31-21-9-13(23(26)30)1-2-18(21)22(20)29/h1-2,7-10,12,17,19,27H,3-6,11H2,(H2,26,30)/t17-,19+/m1/s1. The van der Waals surface area contributed by atoms with E-state index in [9.17, 15) is 13.6 Å². The zero-order valence-electron chi connectivity index (χ0n) is 16.8. The van der Waals surface area contributed by atoms with Crippen LogP contribution in [0.5, 0.6) is 5.75 Å². The summed E-state index contributed by atoms with van der Waals surface area (Å²) in [7, 11) is 0. The first kappa shape index (κ1) is 19.7. The topological polar surface area (TPSA) is 82.2 Å². The highest BCUT2D eigenvalue weighted by atomic mass is 19.1. The number of nitrogens with two attached hydrogens (primary N) is 1. The van der Waals surface area contributed by atoms with E-state index in [1.807, 2.05) is 16.9 Å². The highest BCUT2D eigenvalue weighted by Gasteiger charge is 2.33.